The molecule has 0 saturated heterocycles. The van der Waals surface area contributed by atoms with Crippen molar-refractivity contribution < 1.29 is 8.78 Å². The van der Waals surface area contributed by atoms with Crippen LogP contribution in [0.2, 0.25) is 5.02 Å². The Bertz CT molecular complexity index is 724. The molecule has 0 aliphatic rings. The van der Waals surface area contributed by atoms with Crippen LogP contribution in [0.5, 0.6) is 0 Å². The lowest BCUT2D eigenvalue weighted by Gasteiger charge is -2.04. The van der Waals surface area contributed by atoms with Crippen LogP contribution >= 0.6 is 11.6 Å². The summed E-state index contributed by atoms with van der Waals surface area (Å²) < 4.78 is 24.8. The monoisotopic (exact) mass is 280 g/mol. The quantitative estimate of drug-likeness (QED) is 0.780. The highest BCUT2D eigenvalue weighted by atomic mass is 35.5. The third-order valence-electron chi connectivity index (χ3n) is 2.74. The van der Waals surface area contributed by atoms with E-state index in [-0.39, 0.29) is 5.69 Å². The Hall–Kier alpha value is -2.08. The van der Waals surface area contributed by atoms with E-state index in [0.717, 1.165) is 17.1 Å². The predicted octanol–water partition coefficient (Wildman–Crippen LogP) is 3.61. The number of aromatic nitrogens is 4. The van der Waals surface area contributed by atoms with Gasteiger partial charge in [0.2, 0.25) is 0 Å². The minimum absolute atomic E-state index is 0.346. The molecule has 0 fully saturated rings. The first-order chi connectivity index (χ1) is 9.16. The summed E-state index contributed by atoms with van der Waals surface area (Å²) in [7, 11) is 0. The number of halogens is 3. The molecule has 0 bridgehead atoms. The number of aromatic amines is 1. The number of hydrogen-bond donors (Lipinski definition) is 1. The first-order valence-electron chi connectivity index (χ1n) is 5.39. The fourth-order valence-corrected chi connectivity index (χ4v) is 2.02. The van der Waals surface area contributed by atoms with Crippen molar-refractivity contribution >= 4 is 22.5 Å². The third kappa shape index (κ3) is 2.04. The molecule has 3 rings (SSSR count). The first-order valence-corrected chi connectivity index (χ1v) is 5.76. The molecule has 0 radical (unpaired) electrons. The van der Waals surface area contributed by atoms with Crippen LogP contribution in [-0.2, 0) is 0 Å². The molecule has 4 nitrogen and oxygen atoms in total. The van der Waals surface area contributed by atoms with Crippen molar-refractivity contribution in [1.29, 1.82) is 0 Å². The van der Waals surface area contributed by atoms with E-state index in [1.54, 1.807) is 18.3 Å². The standard InChI is InChI=1S/C12H7ClF2N4/c13-8-2-1-6(7-3-18-19-11(7)8)9-4-17-10(5-16-9)12(14)15/h1-5,12H,(H,18,19). The van der Waals surface area contributed by atoms with Crippen molar-refractivity contribution in [1.82, 2.24) is 20.2 Å². The molecule has 0 aliphatic heterocycles. The first kappa shape index (κ1) is 12.0. The van der Waals surface area contributed by atoms with Gasteiger partial charge in [-0.2, -0.15) is 5.10 Å². The van der Waals surface area contributed by atoms with E-state index in [2.05, 4.69) is 20.2 Å². The number of fused-ring (bicyclic) bond motifs is 1. The van der Waals surface area contributed by atoms with Crippen molar-refractivity contribution in [3.8, 4) is 11.3 Å². The van der Waals surface area contributed by atoms with Crippen LogP contribution in [0.15, 0.2) is 30.7 Å². The molecule has 3 aromatic rings. The molecule has 1 N–H and O–H groups in total. The summed E-state index contributed by atoms with van der Waals surface area (Å²) >= 11 is 6.02. The molecule has 7 heteroatoms. The van der Waals surface area contributed by atoms with Gasteiger partial charge in [-0.25, -0.2) is 8.78 Å². The average Bonchev–Trinajstić information content (AvgIpc) is 2.89. The summed E-state index contributed by atoms with van der Waals surface area (Å²) in [5, 5.41) is 8.00. The van der Waals surface area contributed by atoms with Crippen LogP contribution in [0.3, 0.4) is 0 Å². The zero-order valence-electron chi connectivity index (χ0n) is 9.44. The van der Waals surface area contributed by atoms with Crippen LogP contribution < -0.4 is 0 Å². The van der Waals surface area contributed by atoms with Gasteiger partial charge in [0.15, 0.2) is 0 Å². The van der Waals surface area contributed by atoms with Crippen molar-refractivity contribution in [3.05, 3.63) is 41.4 Å². The molecule has 0 aliphatic carbocycles. The lowest BCUT2D eigenvalue weighted by Crippen LogP contribution is -1.93. The third-order valence-corrected chi connectivity index (χ3v) is 3.05. The smallest absolute Gasteiger partial charge is 0.276 e. The van der Waals surface area contributed by atoms with E-state index < -0.39 is 6.43 Å². The van der Waals surface area contributed by atoms with Gasteiger partial charge in [0, 0.05) is 10.9 Å². The van der Waals surface area contributed by atoms with E-state index in [0.29, 0.717) is 16.2 Å². The van der Waals surface area contributed by atoms with E-state index >= 15 is 0 Å². The van der Waals surface area contributed by atoms with Gasteiger partial charge in [0.1, 0.15) is 5.69 Å². The maximum absolute atomic E-state index is 12.4. The molecule has 0 spiro atoms. The Morgan fingerprint density at radius 2 is 1.95 bits per heavy atom. The summed E-state index contributed by atoms with van der Waals surface area (Å²) in [6, 6.07) is 3.45. The van der Waals surface area contributed by atoms with Gasteiger partial charge in [-0.3, -0.25) is 15.1 Å². The summed E-state index contributed by atoms with van der Waals surface area (Å²) in [6.07, 6.45) is 1.37. The minimum Gasteiger partial charge on any atom is -0.276 e. The molecule has 19 heavy (non-hydrogen) atoms. The zero-order chi connectivity index (χ0) is 13.4. The van der Waals surface area contributed by atoms with Gasteiger partial charge in [-0.1, -0.05) is 17.7 Å². The largest absolute Gasteiger partial charge is 0.281 e. The summed E-state index contributed by atoms with van der Waals surface area (Å²) in [4.78, 5) is 7.69. The van der Waals surface area contributed by atoms with Gasteiger partial charge < -0.3 is 0 Å². The number of hydrogen-bond acceptors (Lipinski definition) is 3. The van der Waals surface area contributed by atoms with Crippen molar-refractivity contribution in [2.75, 3.05) is 0 Å². The van der Waals surface area contributed by atoms with Gasteiger partial charge in [-0.15, -0.1) is 0 Å². The second-order valence-electron chi connectivity index (χ2n) is 3.88. The summed E-state index contributed by atoms with van der Waals surface area (Å²) in [5.74, 6) is 0. The van der Waals surface area contributed by atoms with E-state index in [9.17, 15) is 8.78 Å². The normalized spacial score (nSPS) is 11.4. The molecule has 0 atom stereocenters. The Labute approximate surface area is 111 Å². The Morgan fingerprint density at radius 1 is 1.11 bits per heavy atom. The maximum Gasteiger partial charge on any atom is 0.281 e. The van der Waals surface area contributed by atoms with E-state index in [1.807, 2.05) is 0 Å². The van der Waals surface area contributed by atoms with Crippen molar-refractivity contribution in [2.45, 2.75) is 6.43 Å². The number of alkyl halides is 2. The maximum atomic E-state index is 12.4. The van der Waals surface area contributed by atoms with Gasteiger partial charge in [0.25, 0.3) is 6.43 Å². The number of nitrogens with zero attached hydrogens (tertiary/aromatic N) is 3. The number of H-pyrrole nitrogens is 1. The zero-order valence-corrected chi connectivity index (χ0v) is 10.2. The van der Waals surface area contributed by atoms with E-state index in [1.165, 1.54) is 6.20 Å². The molecule has 96 valence electrons. The highest BCUT2D eigenvalue weighted by Crippen LogP contribution is 2.30. The lowest BCUT2D eigenvalue weighted by atomic mass is 10.1. The molecule has 2 aromatic heterocycles. The highest BCUT2D eigenvalue weighted by Gasteiger charge is 2.12. The van der Waals surface area contributed by atoms with Crippen LogP contribution in [0.1, 0.15) is 12.1 Å². The van der Waals surface area contributed by atoms with Crippen LogP contribution in [0, 0.1) is 0 Å². The Kier molecular flexibility index (Phi) is 2.87. The van der Waals surface area contributed by atoms with Crippen molar-refractivity contribution in [2.24, 2.45) is 0 Å². The highest BCUT2D eigenvalue weighted by molar-refractivity contribution is 6.35. The molecular formula is C12H7ClF2N4. The number of rotatable bonds is 2. The Morgan fingerprint density at radius 3 is 2.63 bits per heavy atom. The minimum atomic E-state index is -2.62. The molecule has 0 amide bonds. The molecule has 0 saturated carbocycles. The number of benzene rings is 1. The topological polar surface area (TPSA) is 54.5 Å². The fourth-order valence-electron chi connectivity index (χ4n) is 1.82. The van der Waals surface area contributed by atoms with Crippen LogP contribution in [0.25, 0.3) is 22.2 Å². The van der Waals surface area contributed by atoms with Gasteiger partial charge >= 0.3 is 0 Å². The van der Waals surface area contributed by atoms with Gasteiger partial charge in [0.05, 0.1) is 34.8 Å². The Balaban J connectivity index is 2.14. The summed E-state index contributed by atoms with van der Waals surface area (Å²) in [6.45, 7) is 0. The van der Waals surface area contributed by atoms with Crippen LogP contribution in [0.4, 0.5) is 8.78 Å². The SMILES string of the molecule is FC(F)c1cnc(-c2ccc(Cl)c3[nH]ncc23)cn1. The summed E-state index contributed by atoms with van der Waals surface area (Å²) in [5.41, 5.74) is 1.56. The second kappa shape index (κ2) is 4.55. The average molecular weight is 281 g/mol. The van der Waals surface area contributed by atoms with E-state index in [4.69, 9.17) is 11.6 Å². The van der Waals surface area contributed by atoms with Crippen LogP contribution in [-0.4, -0.2) is 20.2 Å². The number of nitrogens with one attached hydrogen (secondary N) is 1. The van der Waals surface area contributed by atoms with Crippen molar-refractivity contribution in [3.63, 3.8) is 0 Å². The van der Waals surface area contributed by atoms with Gasteiger partial charge in [-0.05, 0) is 6.07 Å². The second-order valence-corrected chi connectivity index (χ2v) is 4.29. The predicted molar refractivity (Wildman–Crippen MR) is 67.1 cm³/mol. The fraction of sp³-hybridized carbons (Fsp3) is 0.0833. The molecule has 2 heterocycles. The molecular weight excluding hydrogens is 274 g/mol. The molecule has 0 unspecified atom stereocenters. The lowest BCUT2D eigenvalue weighted by molar-refractivity contribution is 0.145. The molecule has 1 aromatic carbocycles.